The Morgan fingerprint density at radius 3 is 2.54 bits per heavy atom. The first-order valence-corrected chi connectivity index (χ1v) is 10.2. The van der Waals surface area contributed by atoms with E-state index in [9.17, 15) is 9.59 Å². The first kappa shape index (κ1) is 22.2. The Kier molecular flexibility index (Phi) is 8.30. The van der Waals surface area contributed by atoms with E-state index >= 15 is 0 Å². The number of hydrogen-bond donors (Lipinski definition) is 1. The first-order chi connectivity index (χ1) is 13.3. The van der Waals surface area contributed by atoms with E-state index in [2.05, 4.69) is 17.1 Å². The number of carbonyl (C=O) groups is 2. The lowest BCUT2D eigenvalue weighted by molar-refractivity contribution is -0.160. The Bertz CT molecular complexity index is 627. The number of nitrogens with zero attached hydrogens (tertiary/aromatic N) is 1. The molecule has 0 spiro atoms. The van der Waals surface area contributed by atoms with Gasteiger partial charge in [-0.1, -0.05) is 50.1 Å². The van der Waals surface area contributed by atoms with Crippen LogP contribution in [0.1, 0.15) is 58.9 Å². The molecule has 156 valence electrons. The van der Waals surface area contributed by atoms with Crippen molar-refractivity contribution in [1.29, 1.82) is 0 Å². The summed E-state index contributed by atoms with van der Waals surface area (Å²) in [7, 11) is 0. The number of carbonyl (C=O) groups excluding carboxylic acids is 2. The fourth-order valence-corrected chi connectivity index (χ4v) is 3.37. The number of nitrogens with one attached hydrogen (secondary N) is 1. The van der Waals surface area contributed by atoms with Crippen molar-refractivity contribution in [3.63, 3.8) is 0 Å². The van der Waals surface area contributed by atoms with Crippen LogP contribution in [-0.2, 0) is 20.9 Å². The number of alkyl carbamates (subject to hydrolysis) is 1. The number of rotatable bonds is 8. The smallest absolute Gasteiger partial charge is 0.407 e. The van der Waals surface area contributed by atoms with E-state index in [0.717, 1.165) is 31.4 Å². The lowest BCUT2D eigenvalue weighted by Gasteiger charge is -2.27. The van der Waals surface area contributed by atoms with E-state index < -0.39 is 11.7 Å². The minimum atomic E-state index is -0.522. The molecule has 2 unspecified atom stereocenters. The van der Waals surface area contributed by atoms with Gasteiger partial charge in [-0.15, -0.1) is 0 Å². The van der Waals surface area contributed by atoms with Gasteiger partial charge in [0, 0.05) is 12.6 Å². The molecular formula is C22H34N2O4. The molecule has 0 bridgehead atoms. The van der Waals surface area contributed by atoms with E-state index in [1.807, 2.05) is 51.1 Å². The number of unbranched alkanes of at least 4 members (excludes halogenated alkanes) is 2. The second-order valence-electron chi connectivity index (χ2n) is 8.39. The van der Waals surface area contributed by atoms with Gasteiger partial charge in [0.05, 0.1) is 0 Å². The third kappa shape index (κ3) is 7.50. The van der Waals surface area contributed by atoms with Gasteiger partial charge in [-0.2, -0.15) is 0 Å². The van der Waals surface area contributed by atoms with Crippen LogP contribution in [0.5, 0.6) is 0 Å². The lowest BCUT2D eigenvalue weighted by atomic mass is 10.1. The molecule has 1 heterocycles. The molecular weight excluding hydrogens is 356 g/mol. The summed E-state index contributed by atoms with van der Waals surface area (Å²) in [4.78, 5) is 26.9. The zero-order chi connectivity index (χ0) is 20.6. The van der Waals surface area contributed by atoms with Crippen molar-refractivity contribution in [2.45, 2.75) is 77.7 Å². The molecule has 1 aliphatic rings. The van der Waals surface area contributed by atoms with Crippen LogP contribution in [0.4, 0.5) is 4.79 Å². The van der Waals surface area contributed by atoms with Crippen LogP contribution in [0.25, 0.3) is 0 Å². The van der Waals surface area contributed by atoms with Crippen LogP contribution in [0, 0.1) is 0 Å². The molecule has 1 aromatic carbocycles. The molecule has 6 nitrogen and oxygen atoms in total. The Hall–Kier alpha value is -2.08. The van der Waals surface area contributed by atoms with Gasteiger partial charge in [0.15, 0.2) is 0 Å². The van der Waals surface area contributed by atoms with Gasteiger partial charge < -0.3 is 14.8 Å². The van der Waals surface area contributed by atoms with Crippen LogP contribution in [0.15, 0.2) is 30.3 Å². The molecule has 0 aliphatic carbocycles. The summed E-state index contributed by atoms with van der Waals surface area (Å²) in [6.07, 6.45) is 3.36. The summed E-state index contributed by atoms with van der Waals surface area (Å²) in [5, 5.41) is 2.91. The fourth-order valence-electron chi connectivity index (χ4n) is 3.37. The van der Waals surface area contributed by atoms with Gasteiger partial charge in [-0.25, -0.2) is 4.79 Å². The van der Waals surface area contributed by atoms with Crippen LogP contribution < -0.4 is 5.32 Å². The van der Waals surface area contributed by atoms with Gasteiger partial charge in [0.2, 0.25) is 0 Å². The zero-order valence-corrected chi connectivity index (χ0v) is 17.6. The SMILES string of the molecule is CCCCCN1CC(NC(=O)OCc2ccccc2)CC1C(=O)OC(C)(C)C. The van der Waals surface area contributed by atoms with Crippen molar-refractivity contribution in [2.24, 2.45) is 0 Å². The highest BCUT2D eigenvalue weighted by Gasteiger charge is 2.39. The Balaban J connectivity index is 1.89. The van der Waals surface area contributed by atoms with Gasteiger partial charge in [-0.05, 0) is 45.7 Å². The summed E-state index contributed by atoms with van der Waals surface area (Å²) in [6, 6.07) is 9.12. The number of hydrogen-bond acceptors (Lipinski definition) is 5. The summed E-state index contributed by atoms with van der Waals surface area (Å²) >= 11 is 0. The predicted molar refractivity (Wildman–Crippen MR) is 109 cm³/mol. The van der Waals surface area contributed by atoms with E-state index in [1.54, 1.807) is 0 Å². The second kappa shape index (κ2) is 10.5. The molecule has 0 aromatic heterocycles. The van der Waals surface area contributed by atoms with Crippen molar-refractivity contribution in [2.75, 3.05) is 13.1 Å². The second-order valence-corrected chi connectivity index (χ2v) is 8.39. The van der Waals surface area contributed by atoms with Crippen molar-refractivity contribution >= 4 is 12.1 Å². The highest BCUT2D eigenvalue weighted by Crippen LogP contribution is 2.22. The molecule has 0 saturated carbocycles. The van der Waals surface area contributed by atoms with E-state index in [1.165, 1.54) is 0 Å². The number of likely N-dealkylation sites (tertiary alicyclic amines) is 1. The molecule has 2 atom stereocenters. The minimum absolute atomic E-state index is 0.123. The van der Waals surface area contributed by atoms with Crippen molar-refractivity contribution in [3.05, 3.63) is 35.9 Å². The van der Waals surface area contributed by atoms with Crippen molar-refractivity contribution in [1.82, 2.24) is 10.2 Å². The third-order valence-corrected chi connectivity index (χ3v) is 4.67. The van der Waals surface area contributed by atoms with E-state index in [0.29, 0.717) is 13.0 Å². The molecule has 6 heteroatoms. The molecule has 1 saturated heterocycles. The Labute approximate surface area is 168 Å². The highest BCUT2D eigenvalue weighted by atomic mass is 16.6. The lowest BCUT2D eigenvalue weighted by Crippen LogP contribution is -2.41. The average molecular weight is 391 g/mol. The molecule has 1 aromatic rings. The summed E-state index contributed by atoms with van der Waals surface area (Å²) in [5.41, 5.74) is 0.420. The van der Waals surface area contributed by atoms with Crippen LogP contribution in [0.2, 0.25) is 0 Å². The number of benzene rings is 1. The van der Waals surface area contributed by atoms with E-state index in [4.69, 9.17) is 9.47 Å². The normalized spacial score (nSPS) is 20.0. The predicted octanol–water partition coefficient (Wildman–Crippen LogP) is 3.89. The Morgan fingerprint density at radius 1 is 1.18 bits per heavy atom. The highest BCUT2D eigenvalue weighted by molar-refractivity contribution is 5.77. The van der Waals surface area contributed by atoms with Crippen molar-refractivity contribution in [3.8, 4) is 0 Å². The van der Waals surface area contributed by atoms with Crippen LogP contribution in [0.3, 0.4) is 0 Å². The van der Waals surface area contributed by atoms with Gasteiger partial charge >= 0.3 is 12.1 Å². The average Bonchev–Trinajstić information content (AvgIpc) is 3.02. The molecule has 1 aliphatic heterocycles. The summed E-state index contributed by atoms with van der Waals surface area (Å²) in [5.74, 6) is -0.217. The molecule has 1 fully saturated rings. The number of ether oxygens (including phenoxy) is 2. The van der Waals surface area contributed by atoms with Crippen LogP contribution in [-0.4, -0.2) is 47.7 Å². The monoisotopic (exact) mass is 390 g/mol. The van der Waals surface area contributed by atoms with Gasteiger partial charge in [-0.3, -0.25) is 9.69 Å². The number of esters is 1. The zero-order valence-electron chi connectivity index (χ0n) is 17.6. The minimum Gasteiger partial charge on any atom is -0.459 e. The summed E-state index contributed by atoms with van der Waals surface area (Å²) in [6.45, 7) is 9.47. The molecule has 2 rings (SSSR count). The molecule has 1 N–H and O–H groups in total. The topological polar surface area (TPSA) is 67.9 Å². The maximum absolute atomic E-state index is 12.6. The maximum atomic E-state index is 12.6. The standard InChI is InChI=1S/C22H34N2O4/c1-5-6-10-13-24-15-18(14-19(24)20(25)28-22(2,3)4)23-21(26)27-16-17-11-8-7-9-12-17/h7-9,11-12,18-19H,5-6,10,13-16H2,1-4H3,(H,23,26). The molecule has 28 heavy (non-hydrogen) atoms. The molecule has 0 radical (unpaired) electrons. The quantitative estimate of drug-likeness (QED) is 0.539. The largest absolute Gasteiger partial charge is 0.459 e. The fraction of sp³-hybridized carbons (Fsp3) is 0.636. The first-order valence-electron chi connectivity index (χ1n) is 10.2. The molecule has 1 amide bonds. The maximum Gasteiger partial charge on any atom is 0.407 e. The van der Waals surface area contributed by atoms with Gasteiger partial charge in [0.1, 0.15) is 18.2 Å². The van der Waals surface area contributed by atoms with Crippen LogP contribution >= 0.6 is 0 Å². The van der Waals surface area contributed by atoms with Gasteiger partial charge in [0.25, 0.3) is 0 Å². The number of amides is 1. The van der Waals surface area contributed by atoms with Crippen molar-refractivity contribution < 1.29 is 19.1 Å². The summed E-state index contributed by atoms with van der Waals surface area (Å²) < 4.78 is 10.9. The third-order valence-electron chi connectivity index (χ3n) is 4.67. The Morgan fingerprint density at radius 2 is 1.89 bits per heavy atom. The van der Waals surface area contributed by atoms with E-state index in [-0.39, 0.29) is 24.7 Å².